The van der Waals surface area contributed by atoms with Gasteiger partial charge in [0.1, 0.15) is 11.5 Å². The zero-order valence-electron chi connectivity index (χ0n) is 32.8. The van der Waals surface area contributed by atoms with Gasteiger partial charge in [0, 0.05) is 71.2 Å². The average molecular weight is 781 g/mol. The van der Waals surface area contributed by atoms with Gasteiger partial charge in [0.2, 0.25) is 0 Å². The smallest absolute Gasteiger partial charge is 0.158 e. The first-order valence-electron chi connectivity index (χ1n) is 20.2. The minimum Gasteiger partial charge on any atom is -0.507 e. The lowest BCUT2D eigenvalue weighted by Gasteiger charge is -2.28. The van der Waals surface area contributed by atoms with Crippen LogP contribution in [0, 0.1) is 13.8 Å². The van der Waals surface area contributed by atoms with Crippen LogP contribution in [0.5, 0.6) is 5.75 Å². The highest BCUT2D eigenvalue weighted by atomic mass is 32.1. The molecule has 1 N–H and O–H groups in total. The minimum absolute atomic E-state index is 0.265. The van der Waals surface area contributed by atoms with E-state index in [2.05, 4.69) is 175 Å². The summed E-state index contributed by atoms with van der Waals surface area (Å²) in [5, 5.41) is 16.8. The van der Waals surface area contributed by atoms with Gasteiger partial charge in [-0.2, -0.15) is 0 Å². The summed E-state index contributed by atoms with van der Waals surface area (Å²) in [5.74, 6) is 1.33. The Labute approximate surface area is 347 Å². The van der Waals surface area contributed by atoms with Gasteiger partial charge in [-0.05, 0) is 115 Å². The molecule has 0 radical (unpaired) electrons. The number of anilines is 6. The number of phenols is 1. The van der Waals surface area contributed by atoms with Crippen LogP contribution in [-0.4, -0.2) is 5.11 Å². The maximum atomic E-state index is 10.8. The number of allylic oxidation sites excluding steroid dienone is 1. The summed E-state index contributed by atoms with van der Waals surface area (Å²) < 4.78 is 9.17. The van der Waals surface area contributed by atoms with Crippen molar-refractivity contribution >= 4 is 93.5 Å². The molecule has 8 aromatic carbocycles. The summed E-state index contributed by atoms with van der Waals surface area (Å²) in [5.41, 5.74) is 12.6. The van der Waals surface area contributed by atoms with E-state index in [-0.39, 0.29) is 5.75 Å². The molecule has 2 heterocycles. The third-order valence-electron chi connectivity index (χ3n) is 11.7. The molecular formula is C54H40N2O2S. The number of aromatic hydroxyl groups is 1. The van der Waals surface area contributed by atoms with E-state index in [1.165, 1.54) is 42.2 Å². The molecule has 0 aliphatic heterocycles. The van der Waals surface area contributed by atoms with Crippen LogP contribution in [0.3, 0.4) is 0 Å². The van der Waals surface area contributed by atoms with Crippen LogP contribution in [-0.2, 0) is 6.42 Å². The first-order chi connectivity index (χ1) is 29.0. The van der Waals surface area contributed by atoms with Crippen molar-refractivity contribution in [2.75, 3.05) is 9.80 Å². The fourth-order valence-corrected chi connectivity index (χ4v) is 10.1. The second-order valence-electron chi connectivity index (χ2n) is 15.5. The monoisotopic (exact) mass is 780 g/mol. The highest BCUT2D eigenvalue weighted by Crippen LogP contribution is 2.49. The summed E-state index contributed by atoms with van der Waals surface area (Å²) in [7, 11) is 0. The largest absolute Gasteiger partial charge is 0.507 e. The first-order valence-corrected chi connectivity index (χ1v) is 21.0. The number of furan rings is 1. The molecule has 0 amide bonds. The number of nitrogens with zero attached hydrogens (tertiary/aromatic N) is 2. The lowest BCUT2D eigenvalue weighted by molar-refractivity contribution is 0.477. The van der Waals surface area contributed by atoms with Crippen LogP contribution in [0.15, 0.2) is 174 Å². The van der Waals surface area contributed by atoms with Crippen LogP contribution in [0.1, 0.15) is 28.9 Å². The van der Waals surface area contributed by atoms with Crippen molar-refractivity contribution in [2.24, 2.45) is 0 Å². The Balaban J connectivity index is 1.13. The Bertz CT molecular complexity index is 3300. The fraction of sp³-hybridized carbons (Fsp3) is 0.0741. The average Bonchev–Trinajstić information content (AvgIpc) is 3.83. The minimum atomic E-state index is 0.265. The van der Waals surface area contributed by atoms with Crippen molar-refractivity contribution in [3.8, 4) is 16.9 Å². The Morgan fingerprint density at radius 3 is 1.98 bits per heavy atom. The number of phenolic OH excluding ortho intramolecular Hbond substituents is 1. The Morgan fingerprint density at radius 1 is 0.542 bits per heavy atom. The second-order valence-corrected chi connectivity index (χ2v) is 16.6. The molecule has 1 aliphatic rings. The van der Waals surface area contributed by atoms with E-state index < -0.39 is 0 Å². The summed E-state index contributed by atoms with van der Waals surface area (Å²) >= 11 is 1.83. The van der Waals surface area contributed by atoms with E-state index in [1.54, 1.807) is 6.07 Å². The van der Waals surface area contributed by atoms with Crippen LogP contribution in [0.4, 0.5) is 34.1 Å². The summed E-state index contributed by atoms with van der Waals surface area (Å²) in [4.78, 5) is 4.73. The van der Waals surface area contributed by atoms with Gasteiger partial charge in [0.05, 0.1) is 11.4 Å². The molecular weight excluding hydrogens is 741 g/mol. The molecule has 59 heavy (non-hydrogen) atoms. The van der Waals surface area contributed by atoms with E-state index in [0.717, 1.165) is 80.2 Å². The van der Waals surface area contributed by atoms with Crippen molar-refractivity contribution in [1.82, 2.24) is 0 Å². The van der Waals surface area contributed by atoms with Gasteiger partial charge in [0.25, 0.3) is 0 Å². The van der Waals surface area contributed by atoms with Crippen molar-refractivity contribution < 1.29 is 9.52 Å². The number of fused-ring (bicyclic) bond motifs is 8. The normalized spacial score (nSPS) is 12.4. The molecule has 10 aromatic rings. The van der Waals surface area contributed by atoms with Crippen molar-refractivity contribution in [3.05, 3.63) is 192 Å². The van der Waals surface area contributed by atoms with Gasteiger partial charge in [-0.3, -0.25) is 0 Å². The fourth-order valence-electron chi connectivity index (χ4n) is 8.99. The maximum absolute atomic E-state index is 10.8. The molecule has 284 valence electrons. The molecule has 0 atom stereocenters. The molecule has 1 aliphatic carbocycles. The molecule has 4 nitrogen and oxygen atoms in total. The topological polar surface area (TPSA) is 39.9 Å². The van der Waals surface area contributed by atoms with Gasteiger partial charge in [-0.1, -0.05) is 103 Å². The Hall–Kier alpha value is -7.08. The molecule has 0 fully saturated rings. The van der Waals surface area contributed by atoms with Crippen molar-refractivity contribution in [2.45, 2.75) is 26.7 Å². The SMILES string of the molecule is Cc1cccc(N(c2cccc(-c3ccccc3O)c2)c2cc3sc4ccc(N(c5cccc(C)c5)c5cccc6c7c(oc56)CCC=C7)cc4c3c3ccccc23)c1. The predicted octanol–water partition coefficient (Wildman–Crippen LogP) is 15.8. The van der Waals surface area contributed by atoms with Crippen molar-refractivity contribution in [3.63, 3.8) is 0 Å². The molecule has 2 aromatic heterocycles. The van der Waals surface area contributed by atoms with E-state index in [0.29, 0.717) is 0 Å². The maximum Gasteiger partial charge on any atom is 0.158 e. The number of thiophene rings is 1. The summed E-state index contributed by atoms with van der Waals surface area (Å²) in [6.07, 6.45) is 6.38. The van der Waals surface area contributed by atoms with Gasteiger partial charge in [0.15, 0.2) is 5.58 Å². The van der Waals surface area contributed by atoms with Crippen LogP contribution in [0.25, 0.3) is 59.1 Å². The van der Waals surface area contributed by atoms with Crippen LogP contribution >= 0.6 is 11.3 Å². The van der Waals surface area contributed by atoms with E-state index in [9.17, 15) is 5.11 Å². The molecule has 0 unspecified atom stereocenters. The Morgan fingerprint density at radius 2 is 1.20 bits per heavy atom. The zero-order valence-corrected chi connectivity index (χ0v) is 33.6. The number of rotatable bonds is 7. The third kappa shape index (κ3) is 5.97. The number of benzene rings is 8. The van der Waals surface area contributed by atoms with Gasteiger partial charge in [-0.25, -0.2) is 0 Å². The van der Waals surface area contributed by atoms with E-state index >= 15 is 0 Å². The third-order valence-corrected chi connectivity index (χ3v) is 12.8. The highest BCUT2D eigenvalue weighted by molar-refractivity contribution is 7.26. The van der Waals surface area contributed by atoms with Crippen molar-refractivity contribution in [1.29, 1.82) is 0 Å². The molecule has 11 rings (SSSR count). The quantitative estimate of drug-likeness (QED) is 0.175. The van der Waals surface area contributed by atoms with Crippen LogP contribution in [0.2, 0.25) is 0 Å². The first kappa shape index (κ1) is 35.1. The number of hydrogen-bond donors (Lipinski definition) is 1. The number of aryl methyl sites for hydroxylation is 3. The second kappa shape index (κ2) is 14.1. The molecule has 0 spiro atoms. The molecule has 0 saturated carbocycles. The molecule has 0 bridgehead atoms. The van der Waals surface area contributed by atoms with Gasteiger partial charge in [-0.15, -0.1) is 11.3 Å². The summed E-state index contributed by atoms with van der Waals surface area (Å²) in [6, 6.07) is 58.1. The molecule has 5 heteroatoms. The predicted molar refractivity (Wildman–Crippen MR) is 250 cm³/mol. The number of hydrogen-bond acceptors (Lipinski definition) is 5. The van der Waals surface area contributed by atoms with Gasteiger partial charge < -0.3 is 19.3 Å². The highest BCUT2D eigenvalue weighted by Gasteiger charge is 2.24. The summed E-state index contributed by atoms with van der Waals surface area (Å²) in [6.45, 7) is 4.29. The van der Waals surface area contributed by atoms with E-state index in [4.69, 9.17) is 4.42 Å². The lowest BCUT2D eigenvalue weighted by atomic mass is 9.99. The standard InChI is InChI=1S/C54H40N2O2S/c1-34-13-9-16-37(29-34)55(47-24-12-23-45-43-21-6-8-26-50(43)58-54(45)47)40-27-28-51-46(32-40)53-44-22-4-3-20-42(44)48(33-52(53)59-51)56(38-17-10-14-35(2)30-38)39-18-11-15-36(31-39)41-19-5-7-25-49(41)57/h3-7,9-25,27-33,57H,8,26H2,1-2H3. The van der Waals surface area contributed by atoms with E-state index in [1.807, 2.05) is 29.5 Å². The molecule has 0 saturated heterocycles. The Kier molecular flexibility index (Phi) is 8.38. The van der Waals surface area contributed by atoms with Gasteiger partial charge >= 0.3 is 0 Å². The lowest BCUT2D eigenvalue weighted by Crippen LogP contribution is -2.11. The van der Waals surface area contributed by atoms with Crippen LogP contribution < -0.4 is 9.80 Å². The number of para-hydroxylation sites is 2. The zero-order chi connectivity index (χ0) is 39.6.